The summed E-state index contributed by atoms with van der Waals surface area (Å²) in [6.07, 6.45) is 9.39. The molecule has 1 aliphatic heterocycles. The van der Waals surface area contributed by atoms with E-state index in [-0.39, 0.29) is 6.03 Å². The molecule has 0 bridgehead atoms. The van der Waals surface area contributed by atoms with Crippen molar-refractivity contribution in [3.05, 3.63) is 40.3 Å². The van der Waals surface area contributed by atoms with Gasteiger partial charge in [0.1, 0.15) is 0 Å². The third-order valence-corrected chi connectivity index (χ3v) is 5.58. The SMILES string of the molecule is CCn1cc(CNC(=O)N2CCCC[C@@H]2CCc2cccs2)cn1. The first-order valence-electron chi connectivity index (χ1n) is 8.84. The summed E-state index contributed by atoms with van der Waals surface area (Å²) < 4.78 is 1.88. The van der Waals surface area contributed by atoms with E-state index < -0.39 is 0 Å². The van der Waals surface area contributed by atoms with Crippen molar-refractivity contribution < 1.29 is 4.79 Å². The molecular weight excluding hydrogens is 320 g/mol. The highest BCUT2D eigenvalue weighted by Gasteiger charge is 2.26. The number of aryl methyl sites for hydroxylation is 2. The zero-order valence-electron chi connectivity index (χ0n) is 14.3. The number of likely N-dealkylation sites (tertiary alicyclic amines) is 1. The van der Waals surface area contributed by atoms with Gasteiger partial charge in [0.05, 0.1) is 6.20 Å². The van der Waals surface area contributed by atoms with Crippen LogP contribution >= 0.6 is 11.3 Å². The number of hydrogen-bond donors (Lipinski definition) is 1. The number of urea groups is 1. The fourth-order valence-corrected chi connectivity index (χ4v) is 4.01. The lowest BCUT2D eigenvalue weighted by Crippen LogP contribution is -2.48. The van der Waals surface area contributed by atoms with Crippen LogP contribution in [0, 0.1) is 0 Å². The first-order valence-corrected chi connectivity index (χ1v) is 9.72. The van der Waals surface area contributed by atoms with E-state index in [9.17, 15) is 4.79 Å². The Hall–Kier alpha value is -1.82. The van der Waals surface area contributed by atoms with Crippen molar-refractivity contribution >= 4 is 17.4 Å². The van der Waals surface area contributed by atoms with Gasteiger partial charge in [0.25, 0.3) is 0 Å². The van der Waals surface area contributed by atoms with Crippen LogP contribution in [0.25, 0.3) is 0 Å². The number of aromatic nitrogens is 2. The van der Waals surface area contributed by atoms with Gasteiger partial charge in [-0.2, -0.15) is 5.10 Å². The van der Waals surface area contributed by atoms with Gasteiger partial charge < -0.3 is 10.2 Å². The lowest BCUT2D eigenvalue weighted by atomic mass is 9.98. The summed E-state index contributed by atoms with van der Waals surface area (Å²) in [6, 6.07) is 4.71. The maximum Gasteiger partial charge on any atom is 0.317 e. The second-order valence-corrected chi connectivity index (χ2v) is 7.36. The second-order valence-electron chi connectivity index (χ2n) is 6.32. The monoisotopic (exact) mass is 346 g/mol. The lowest BCUT2D eigenvalue weighted by Gasteiger charge is -2.35. The Morgan fingerprint density at radius 3 is 3.12 bits per heavy atom. The molecule has 1 saturated heterocycles. The Morgan fingerprint density at radius 1 is 1.46 bits per heavy atom. The van der Waals surface area contributed by atoms with Crippen LogP contribution in [0.5, 0.6) is 0 Å². The highest BCUT2D eigenvalue weighted by atomic mass is 32.1. The molecule has 6 heteroatoms. The summed E-state index contributed by atoms with van der Waals surface area (Å²) in [5, 5.41) is 9.44. The van der Waals surface area contributed by atoms with Gasteiger partial charge in [0.15, 0.2) is 0 Å². The maximum atomic E-state index is 12.6. The lowest BCUT2D eigenvalue weighted by molar-refractivity contribution is 0.146. The van der Waals surface area contributed by atoms with Gasteiger partial charge in [0.2, 0.25) is 0 Å². The van der Waals surface area contributed by atoms with Crippen LogP contribution in [-0.2, 0) is 19.5 Å². The number of carbonyl (C=O) groups excluding carboxylic acids is 1. The minimum absolute atomic E-state index is 0.0649. The van der Waals surface area contributed by atoms with Crippen molar-refractivity contribution in [1.29, 1.82) is 0 Å². The molecule has 24 heavy (non-hydrogen) atoms. The van der Waals surface area contributed by atoms with Crippen molar-refractivity contribution in [2.45, 2.75) is 58.2 Å². The molecule has 0 aliphatic carbocycles. The molecule has 2 amide bonds. The third-order valence-electron chi connectivity index (χ3n) is 4.65. The molecule has 0 radical (unpaired) electrons. The standard InChI is InChI=1S/C18H26N4OS/c1-2-21-14-15(13-20-21)12-19-18(23)22-10-4-3-6-16(22)8-9-17-7-5-11-24-17/h5,7,11,13-14,16H,2-4,6,8-10,12H2,1H3,(H,19,23)/t16-/m1/s1. The molecule has 0 unspecified atom stereocenters. The topological polar surface area (TPSA) is 50.2 Å². The largest absolute Gasteiger partial charge is 0.334 e. The summed E-state index contributed by atoms with van der Waals surface area (Å²) in [5.74, 6) is 0. The van der Waals surface area contributed by atoms with Gasteiger partial charge in [-0.3, -0.25) is 4.68 Å². The molecule has 0 aromatic carbocycles. The van der Waals surface area contributed by atoms with Crippen molar-refractivity contribution in [1.82, 2.24) is 20.0 Å². The smallest absolute Gasteiger partial charge is 0.317 e. The van der Waals surface area contributed by atoms with E-state index in [2.05, 4.69) is 34.9 Å². The summed E-state index contributed by atoms with van der Waals surface area (Å²) in [7, 11) is 0. The van der Waals surface area contributed by atoms with Crippen molar-refractivity contribution in [2.24, 2.45) is 0 Å². The van der Waals surface area contributed by atoms with Gasteiger partial charge in [-0.15, -0.1) is 11.3 Å². The number of hydrogen-bond acceptors (Lipinski definition) is 3. The summed E-state index contributed by atoms with van der Waals surface area (Å²) in [6.45, 7) is 4.33. The van der Waals surface area contributed by atoms with Crippen LogP contribution < -0.4 is 5.32 Å². The first-order chi connectivity index (χ1) is 11.8. The fourth-order valence-electron chi connectivity index (χ4n) is 3.28. The average Bonchev–Trinajstić information content (AvgIpc) is 3.29. The summed E-state index contributed by atoms with van der Waals surface area (Å²) >= 11 is 1.80. The molecule has 1 fully saturated rings. The number of piperidine rings is 1. The van der Waals surface area contributed by atoms with Gasteiger partial charge in [-0.1, -0.05) is 6.07 Å². The van der Waals surface area contributed by atoms with E-state index in [1.165, 1.54) is 11.3 Å². The first kappa shape index (κ1) is 17.0. The van der Waals surface area contributed by atoms with Crippen molar-refractivity contribution in [2.75, 3.05) is 6.54 Å². The van der Waals surface area contributed by atoms with E-state index in [0.717, 1.165) is 44.3 Å². The number of nitrogens with zero attached hydrogens (tertiary/aromatic N) is 3. The number of thiophene rings is 1. The van der Waals surface area contributed by atoms with Crippen LogP contribution in [0.2, 0.25) is 0 Å². The van der Waals surface area contributed by atoms with E-state index in [1.807, 2.05) is 22.0 Å². The molecule has 0 spiro atoms. The molecular formula is C18H26N4OS. The number of amides is 2. The quantitative estimate of drug-likeness (QED) is 0.868. The predicted octanol–water partition coefficient (Wildman–Crippen LogP) is 3.66. The zero-order valence-corrected chi connectivity index (χ0v) is 15.1. The molecule has 2 aromatic rings. The van der Waals surface area contributed by atoms with Gasteiger partial charge in [0, 0.05) is 42.3 Å². The predicted molar refractivity (Wildman–Crippen MR) is 97.1 cm³/mol. The Kier molecular flexibility index (Phi) is 5.91. The highest BCUT2D eigenvalue weighted by Crippen LogP contribution is 2.22. The van der Waals surface area contributed by atoms with Crippen LogP contribution in [0.4, 0.5) is 4.79 Å². The maximum absolute atomic E-state index is 12.6. The fraction of sp³-hybridized carbons (Fsp3) is 0.556. The van der Waals surface area contributed by atoms with E-state index in [1.54, 1.807) is 11.3 Å². The Balaban J connectivity index is 1.52. The van der Waals surface area contributed by atoms with Crippen molar-refractivity contribution in [3.8, 4) is 0 Å². The third kappa shape index (κ3) is 4.38. The summed E-state index contributed by atoms with van der Waals surface area (Å²) in [5.41, 5.74) is 1.05. The Labute approximate surface area is 147 Å². The van der Waals surface area contributed by atoms with E-state index in [4.69, 9.17) is 0 Å². The van der Waals surface area contributed by atoms with Gasteiger partial charge in [-0.25, -0.2) is 4.79 Å². The minimum atomic E-state index is 0.0649. The number of nitrogens with one attached hydrogen (secondary N) is 1. The van der Waals surface area contributed by atoms with Gasteiger partial charge >= 0.3 is 6.03 Å². The number of rotatable bonds is 6. The highest BCUT2D eigenvalue weighted by molar-refractivity contribution is 7.09. The van der Waals surface area contributed by atoms with Crippen LogP contribution in [0.3, 0.4) is 0 Å². The minimum Gasteiger partial charge on any atom is -0.334 e. The van der Waals surface area contributed by atoms with Gasteiger partial charge in [-0.05, 0) is 50.5 Å². The van der Waals surface area contributed by atoms with Crippen LogP contribution in [0.15, 0.2) is 29.9 Å². The normalized spacial score (nSPS) is 17.9. The molecule has 1 atom stereocenters. The van der Waals surface area contributed by atoms with E-state index >= 15 is 0 Å². The van der Waals surface area contributed by atoms with Crippen LogP contribution in [0.1, 0.15) is 43.0 Å². The molecule has 2 aromatic heterocycles. The Bertz CT molecular complexity index is 637. The van der Waals surface area contributed by atoms with Crippen LogP contribution in [-0.4, -0.2) is 33.3 Å². The molecule has 1 N–H and O–H groups in total. The molecule has 130 valence electrons. The molecule has 1 aliphatic rings. The second kappa shape index (κ2) is 8.33. The molecule has 0 saturated carbocycles. The summed E-state index contributed by atoms with van der Waals surface area (Å²) in [4.78, 5) is 16.1. The average molecular weight is 346 g/mol. The zero-order chi connectivity index (χ0) is 16.8. The van der Waals surface area contributed by atoms with E-state index in [0.29, 0.717) is 12.6 Å². The molecule has 5 nitrogen and oxygen atoms in total. The molecule has 3 rings (SSSR count). The Morgan fingerprint density at radius 2 is 2.38 bits per heavy atom. The van der Waals surface area contributed by atoms with Crippen molar-refractivity contribution in [3.63, 3.8) is 0 Å². The molecule has 3 heterocycles. The number of carbonyl (C=O) groups is 1.